The number of amides is 1. The number of hydrogen-bond acceptors (Lipinski definition) is 2. The van der Waals surface area contributed by atoms with E-state index in [4.69, 9.17) is 0 Å². The first-order valence-electron chi connectivity index (χ1n) is 5.74. The summed E-state index contributed by atoms with van der Waals surface area (Å²) in [4.78, 5) is 26.6. The predicted molar refractivity (Wildman–Crippen MR) is 83.6 cm³/mol. The van der Waals surface area contributed by atoms with E-state index in [2.05, 4.69) is 32.9 Å². The molecule has 1 amide bonds. The second-order valence-electron chi connectivity index (χ2n) is 4.31. The number of pyridine rings is 1. The topological polar surface area (TPSA) is 62.0 Å². The zero-order valence-corrected chi connectivity index (χ0v) is 12.7. The summed E-state index contributed by atoms with van der Waals surface area (Å²) in [6.45, 7) is 3.68. The van der Waals surface area contributed by atoms with Crippen molar-refractivity contribution in [3.8, 4) is 0 Å². The predicted octanol–water partition coefficient (Wildman–Crippen LogP) is 2.85. The molecular formula is C14H13IN2O2. The van der Waals surface area contributed by atoms with Crippen molar-refractivity contribution in [3.63, 3.8) is 0 Å². The van der Waals surface area contributed by atoms with Gasteiger partial charge in [-0.25, -0.2) is 0 Å². The molecule has 0 radical (unpaired) electrons. The van der Waals surface area contributed by atoms with Crippen molar-refractivity contribution in [3.05, 3.63) is 61.1 Å². The van der Waals surface area contributed by atoms with Gasteiger partial charge in [-0.05, 0) is 60.2 Å². The van der Waals surface area contributed by atoms with E-state index < -0.39 is 5.91 Å². The number of nitrogens with one attached hydrogen (secondary N) is 2. The van der Waals surface area contributed by atoms with Crippen molar-refractivity contribution >= 4 is 34.2 Å². The number of aromatic nitrogens is 1. The highest BCUT2D eigenvalue weighted by Crippen LogP contribution is 2.18. The molecule has 2 aromatic rings. The molecule has 0 spiro atoms. The van der Waals surface area contributed by atoms with Crippen LogP contribution in [0.25, 0.3) is 0 Å². The molecule has 1 heterocycles. The number of hydrogen-bond donors (Lipinski definition) is 2. The van der Waals surface area contributed by atoms with Gasteiger partial charge in [0.2, 0.25) is 0 Å². The number of carbonyl (C=O) groups excluding carboxylic acids is 1. The first kappa shape index (κ1) is 13.8. The lowest BCUT2D eigenvalue weighted by molar-refractivity contribution is 0.102. The van der Waals surface area contributed by atoms with Crippen LogP contribution in [0.15, 0.2) is 35.3 Å². The van der Waals surface area contributed by atoms with Crippen LogP contribution in [0.4, 0.5) is 5.69 Å². The summed E-state index contributed by atoms with van der Waals surface area (Å²) in [5.41, 5.74) is 2.24. The number of benzene rings is 1. The van der Waals surface area contributed by atoms with E-state index >= 15 is 0 Å². The van der Waals surface area contributed by atoms with E-state index in [-0.39, 0.29) is 11.0 Å². The first-order chi connectivity index (χ1) is 8.97. The van der Waals surface area contributed by atoms with Gasteiger partial charge < -0.3 is 10.3 Å². The monoisotopic (exact) mass is 368 g/mol. The lowest BCUT2D eigenvalue weighted by atomic mass is 10.2. The molecule has 0 saturated heterocycles. The fourth-order valence-corrected chi connectivity index (χ4v) is 2.35. The molecule has 0 bridgehead atoms. The number of anilines is 1. The van der Waals surface area contributed by atoms with Gasteiger partial charge in [-0.2, -0.15) is 0 Å². The van der Waals surface area contributed by atoms with Crippen LogP contribution < -0.4 is 10.7 Å². The molecule has 0 fully saturated rings. The van der Waals surface area contributed by atoms with Crippen LogP contribution in [-0.2, 0) is 0 Å². The summed E-state index contributed by atoms with van der Waals surface area (Å²) in [6, 6.07) is 7.12. The smallest absolute Gasteiger partial charge is 0.261 e. The Bertz CT molecular complexity index is 692. The van der Waals surface area contributed by atoms with Crippen LogP contribution in [0.1, 0.15) is 21.6 Å². The van der Waals surface area contributed by atoms with Crippen LogP contribution in [-0.4, -0.2) is 10.9 Å². The Morgan fingerprint density at radius 1 is 1.26 bits per heavy atom. The molecule has 0 aliphatic rings. The number of aryl methyl sites for hydroxylation is 2. The van der Waals surface area contributed by atoms with E-state index in [1.54, 1.807) is 6.92 Å². The molecule has 4 nitrogen and oxygen atoms in total. The van der Waals surface area contributed by atoms with Crippen LogP contribution in [0, 0.1) is 17.4 Å². The Morgan fingerprint density at radius 2 is 2.00 bits per heavy atom. The summed E-state index contributed by atoms with van der Waals surface area (Å²) in [5.74, 6) is -0.398. The van der Waals surface area contributed by atoms with E-state index in [1.807, 2.05) is 25.1 Å². The maximum absolute atomic E-state index is 12.1. The zero-order valence-electron chi connectivity index (χ0n) is 10.6. The van der Waals surface area contributed by atoms with Crippen LogP contribution in [0.5, 0.6) is 0 Å². The molecule has 0 aliphatic heterocycles. The average molecular weight is 368 g/mol. The Hall–Kier alpha value is -1.63. The van der Waals surface area contributed by atoms with Crippen molar-refractivity contribution < 1.29 is 4.79 Å². The summed E-state index contributed by atoms with van der Waals surface area (Å²) >= 11 is 2.21. The Labute approximate surface area is 124 Å². The van der Waals surface area contributed by atoms with E-state index in [0.717, 1.165) is 14.8 Å². The minimum Gasteiger partial charge on any atom is -0.364 e. The molecule has 0 aliphatic carbocycles. The molecule has 5 heteroatoms. The lowest BCUT2D eigenvalue weighted by Crippen LogP contribution is -2.21. The minimum absolute atomic E-state index is 0.114. The van der Waals surface area contributed by atoms with Crippen molar-refractivity contribution in [2.75, 3.05) is 5.32 Å². The molecule has 98 valence electrons. The summed E-state index contributed by atoms with van der Waals surface area (Å²) in [6.07, 6.45) is 1.44. The molecule has 1 aromatic heterocycles. The molecular weight excluding hydrogens is 355 g/mol. The molecule has 1 aromatic carbocycles. The molecule has 0 saturated carbocycles. The third-order valence-electron chi connectivity index (χ3n) is 2.74. The molecule has 19 heavy (non-hydrogen) atoms. The second kappa shape index (κ2) is 5.56. The molecule has 0 unspecified atom stereocenters. The van der Waals surface area contributed by atoms with Crippen molar-refractivity contribution in [1.29, 1.82) is 0 Å². The van der Waals surface area contributed by atoms with Crippen molar-refractivity contribution in [2.45, 2.75) is 13.8 Å². The van der Waals surface area contributed by atoms with Gasteiger partial charge in [0.1, 0.15) is 5.56 Å². The number of carbonyl (C=O) groups is 1. The highest BCUT2D eigenvalue weighted by Gasteiger charge is 2.11. The number of aromatic amines is 1. The third-order valence-corrected chi connectivity index (χ3v) is 3.41. The van der Waals surface area contributed by atoms with Gasteiger partial charge in [0, 0.05) is 27.2 Å². The first-order valence-corrected chi connectivity index (χ1v) is 6.82. The summed E-state index contributed by atoms with van der Waals surface area (Å²) in [5, 5.41) is 2.75. The van der Waals surface area contributed by atoms with Gasteiger partial charge in [0.15, 0.2) is 5.43 Å². The van der Waals surface area contributed by atoms with Crippen molar-refractivity contribution in [1.82, 2.24) is 4.98 Å². The van der Waals surface area contributed by atoms with E-state index in [0.29, 0.717) is 5.69 Å². The van der Waals surface area contributed by atoms with Gasteiger partial charge in [-0.15, -0.1) is 0 Å². The maximum Gasteiger partial charge on any atom is 0.261 e. The number of rotatable bonds is 2. The lowest BCUT2D eigenvalue weighted by Gasteiger charge is -2.08. The largest absolute Gasteiger partial charge is 0.364 e. The zero-order chi connectivity index (χ0) is 14.0. The van der Waals surface area contributed by atoms with Gasteiger partial charge in [0.25, 0.3) is 5.91 Å². The average Bonchev–Trinajstić information content (AvgIpc) is 2.32. The quantitative estimate of drug-likeness (QED) is 0.801. The highest BCUT2D eigenvalue weighted by atomic mass is 127. The normalized spacial score (nSPS) is 10.3. The van der Waals surface area contributed by atoms with Gasteiger partial charge in [-0.3, -0.25) is 9.59 Å². The van der Waals surface area contributed by atoms with Crippen LogP contribution in [0.2, 0.25) is 0 Å². The Kier molecular flexibility index (Phi) is 4.04. The second-order valence-corrected chi connectivity index (χ2v) is 5.55. The Balaban J connectivity index is 2.28. The number of halogens is 1. The van der Waals surface area contributed by atoms with Gasteiger partial charge >= 0.3 is 0 Å². The standard InChI is InChI=1S/C14H13IN2O2/c1-8-5-10(15)3-4-12(8)17-14(19)11-7-16-9(2)6-13(11)18/h3-7H,1-2H3,(H,16,18)(H,17,19). The minimum atomic E-state index is -0.398. The summed E-state index contributed by atoms with van der Waals surface area (Å²) < 4.78 is 1.10. The van der Waals surface area contributed by atoms with E-state index in [9.17, 15) is 9.59 Å². The van der Waals surface area contributed by atoms with Crippen molar-refractivity contribution in [2.24, 2.45) is 0 Å². The van der Waals surface area contributed by atoms with Gasteiger partial charge in [-0.1, -0.05) is 0 Å². The summed E-state index contributed by atoms with van der Waals surface area (Å²) in [7, 11) is 0. The molecule has 2 N–H and O–H groups in total. The van der Waals surface area contributed by atoms with Gasteiger partial charge in [0.05, 0.1) is 0 Å². The third kappa shape index (κ3) is 3.23. The Morgan fingerprint density at radius 3 is 2.63 bits per heavy atom. The molecule has 0 atom stereocenters. The SMILES string of the molecule is Cc1cc(=O)c(C(=O)Nc2ccc(I)cc2C)c[nH]1. The highest BCUT2D eigenvalue weighted by molar-refractivity contribution is 14.1. The van der Waals surface area contributed by atoms with E-state index in [1.165, 1.54) is 12.3 Å². The molecule has 2 rings (SSSR count). The maximum atomic E-state index is 12.1. The fourth-order valence-electron chi connectivity index (χ4n) is 1.71. The fraction of sp³-hybridized carbons (Fsp3) is 0.143. The number of H-pyrrole nitrogens is 1. The van der Waals surface area contributed by atoms with Crippen LogP contribution in [0.3, 0.4) is 0 Å². The van der Waals surface area contributed by atoms with Crippen LogP contribution >= 0.6 is 22.6 Å².